The molecule has 3 aromatic rings. The first-order valence-corrected chi connectivity index (χ1v) is 6.87. The number of hydrogen-bond acceptors (Lipinski definition) is 2. The number of benzene rings is 2. The highest BCUT2D eigenvalue weighted by Gasteiger charge is 2.08. The van der Waals surface area contributed by atoms with Crippen LogP contribution in [0.4, 0.5) is 0 Å². The van der Waals surface area contributed by atoms with Crippen molar-refractivity contribution in [2.75, 3.05) is 0 Å². The zero-order chi connectivity index (χ0) is 13.2. The molecule has 0 N–H and O–H groups in total. The van der Waals surface area contributed by atoms with Crippen LogP contribution < -0.4 is 4.74 Å². The number of para-hydroxylation sites is 1. The van der Waals surface area contributed by atoms with Crippen LogP contribution in [0.25, 0.3) is 11.0 Å². The van der Waals surface area contributed by atoms with Gasteiger partial charge in [0.25, 0.3) is 0 Å². The lowest BCUT2D eigenvalue weighted by molar-refractivity contribution is 0.306. The maximum Gasteiger partial charge on any atom is 0.148 e. The van der Waals surface area contributed by atoms with E-state index in [1.54, 1.807) is 6.26 Å². The molecule has 0 saturated heterocycles. The molecule has 96 valence electrons. The summed E-state index contributed by atoms with van der Waals surface area (Å²) in [4.78, 5) is 0. The van der Waals surface area contributed by atoms with E-state index >= 15 is 0 Å². The molecule has 3 heteroatoms. The van der Waals surface area contributed by atoms with E-state index in [-0.39, 0.29) is 0 Å². The molecule has 0 atom stereocenters. The van der Waals surface area contributed by atoms with E-state index in [0.717, 1.165) is 26.8 Å². The third-order valence-electron chi connectivity index (χ3n) is 3.02. The van der Waals surface area contributed by atoms with E-state index in [0.29, 0.717) is 6.61 Å². The van der Waals surface area contributed by atoms with Crippen molar-refractivity contribution in [1.82, 2.24) is 0 Å². The molecule has 0 amide bonds. The number of rotatable bonds is 3. The summed E-state index contributed by atoms with van der Waals surface area (Å²) in [5.74, 6) is 0.879. The molecule has 1 heterocycles. The summed E-state index contributed by atoms with van der Waals surface area (Å²) in [6, 6.07) is 14.0. The van der Waals surface area contributed by atoms with E-state index in [1.807, 2.05) is 36.4 Å². The maximum absolute atomic E-state index is 5.80. The molecule has 2 aromatic carbocycles. The highest BCUT2D eigenvalue weighted by Crippen LogP contribution is 2.28. The Bertz CT molecular complexity index is 716. The van der Waals surface area contributed by atoms with Crippen molar-refractivity contribution in [3.8, 4) is 5.75 Å². The molecule has 0 saturated carbocycles. The Morgan fingerprint density at radius 1 is 1.16 bits per heavy atom. The minimum atomic E-state index is 0.507. The van der Waals surface area contributed by atoms with Gasteiger partial charge in [0.2, 0.25) is 0 Å². The van der Waals surface area contributed by atoms with Crippen LogP contribution in [0.2, 0.25) is 0 Å². The van der Waals surface area contributed by atoms with E-state index < -0.39 is 0 Å². The van der Waals surface area contributed by atoms with Crippen molar-refractivity contribution >= 4 is 26.9 Å². The first kappa shape index (κ1) is 12.3. The van der Waals surface area contributed by atoms with Gasteiger partial charge in [-0.25, -0.2) is 0 Å². The molecule has 0 aliphatic heterocycles. The summed E-state index contributed by atoms with van der Waals surface area (Å²) in [5, 5.41) is 1.09. The molecule has 0 aliphatic rings. The average Bonchev–Trinajstić information content (AvgIpc) is 2.81. The summed E-state index contributed by atoms with van der Waals surface area (Å²) in [7, 11) is 0. The van der Waals surface area contributed by atoms with Crippen molar-refractivity contribution < 1.29 is 9.15 Å². The quantitative estimate of drug-likeness (QED) is 0.672. The van der Waals surface area contributed by atoms with Crippen molar-refractivity contribution in [1.29, 1.82) is 0 Å². The first-order chi connectivity index (χ1) is 9.24. The minimum Gasteiger partial charge on any atom is -0.489 e. The fraction of sp³-hybridized carbons (Fsp3) is 0.125. The van der Waals surface area contributed by atoms with Crippen LogP contribution in [0.3, 0.4) is 0 Å². The van der Waals surface area contributed by atoms with E-state index in [9.17, 15) is 0 Å². The van der Waals surface area contributed by atoms with Crippen LogP contribution in [0, 0.1) is 6.92 Å². The fourth-order valence-electron chi connectivity index (χ4n) is 2.05. The number of hydrogen-bond donors (Lipinski definition) is 0. The number of furan rings is 1. The van der Waals surface area contributed by atoms with Gasteiger partial charge in [0.1, 0.15) is 17.9 Å². The highest BCUT2D eigenvalue weighted by molar-refractivity contribution is 9.10. The monoisotopic (exact) mass is 316 g/mol. The maximum atomic E-state index is 5.80. The largest absolute Gasteiger partial charge is 0.489 e. The van der Waals surface area contributed by atoms with Crippen LogP contribution in [-0.4, -0.2) is 0 Å². The molecule has 0 radical (unpaired) electrons. The summed E-state index contributed by atoms with van der Waals surface area (Å²) in [5.41, 5.74) is 3.11. The molecule has 0 aliphatic carbocycles. The highest BCUT2D eigenvalue weighted by atomic mass is 79.9. The number of ether oxygens (including phenoxy) is 1. The molecule has 0 unspecified atom stereocenters. The fourth-order valence-corrected chi connectivity index (χ4v) is 2.51. The minimum absolute atomic E-state index is 0.507. The Balaban J connectivity index is 1.84. The molecule has 1 aromatic heterocycles. The van der Waals surface area contributed by atoms with Gasteiger partial charge in [0.05, 0.1) is 10.7 Å². The zero-order valence-corrected chi connectivity index (χ0v) is 12.1. The predicted molar refractivity (Wildman–Crippen MR) is 79.4 cm³/mol. The Kier molecular flexibility index (Phi) is 3.30. The smallest absolute Gasteiger partial charge is 0.148 e. The van der Waals surface area contributed by atoms with Crippen LogP contribution in [0.5, 0.6) is 5.75 Å². The SMILES string of the molecule is Cc1cccc(OCc2coc3c(Br)cccc23)c1. The van der Waals surface area contributed by atoms with E-state index in [2.05, 4.69) is 28.9 Å². The Hall–Kier alpha value is -1.74. The normalized spacial score (nSPS) is 10.8. The summed E-state index contributed by atoms with van der Waals surface area (Å²) < 4.78 is 12.3. The third-order valence-corrected chi connectivity index (χ3v) is 3.64. The van der Waals surface area contributed by atoms with Gasteiger partial charge >= 0.3 is 0 Å². The van der Waals surface area contributed by atoms with E-state index in [1.165, 1.54) is 5.56 Å². The van der Waals surface area contributed by atoms with Crippen LogP contribution in [0.15, 0.2) is 57.6 Å². The summed E-state index contributed by atoms with van der Waals surface area (Å²) in [6.45, 7) is 2.56. The van der Waals surface area contributed by atoms with Crippen molar-refractivity contribution in [3.05, 3.63) is 64.3 Å². The van der Waals surface area contributed by atoms with Gasteiger partial charge in [-0.3, -0.25) is 0 Å². The lowest BCUT2D eigenvalue weighted by Crippen LogP contribution is -1.94. The lowest BCUT2D eigenvalue weighted by atomic mass is 10.2. The molecular weight excluding hydrogens is 304 g/mol. The summed E-state index contributed by atoms with van der Waals surface area (Å²) in [6.07, 6.45) is 1.76. The van der Waals surface area contributed by atoms with Crippen LogP contribution in [0.1, 0.15) is 11.1 Å². The van der Waals surface area contributed by atoms with Crippen LogP contribution in [-0.2, 0) is 6.61 Å². The second-order valence-corrected chi connectivity index (χ2v) is 5.34. The predicted octanol–water partition coefficient (Wildman–Crippen LogP) is 5.08. The van der Waals surface area contributed by atoms with Gasteiger partial charge in [-0.05, 0) is 46.6 Å². The van der Waals surface area contributed by atoms with Crippen LogP contribution >= 0.6 is 15.9 Å². The second kappa shape index (κ2) is 5.10. The van der Waals surface area contributed by atoms with Gasteiger partial charge < -0.3 is 9.15 Å². The van der Waals surface area contributed by atoms with Crippen molar-refractivity contribution in [3.63, 3.8) is 0 Å². The number of halogens is 1. The first-order valence-electron chi connectivity index (χ1n) is 6.08. The molecule has 0 fully saturated rings. The Morgan fingerprint density at radius 2 is 2.00 bits per heavy atom. The van der Waals surface area contributed by atoms with Crippen molar-refractivity contribution in [2.45, 2.75) is 13.5 Å². The van der Waals surface area contributed by atoms with Gasteiger partial charge in [0, 0.05) is 10.9 Å². The van der Waals surface area contributed by atoms with Crippen molar-refractivity contribution in [2.24, 2.45) is 0 Å². The lowest BCUT2D eigenvalue weighted by Gasteiger charge is -2.05. The standard InChI is InChI=1S/C16H13BrO2/c1-11-4-2-5-13(8-11)18-9-12-10-19-16-14(12)6-3-7-15(16)17/h2-8,10H,9H2,1H3. The molecule has 3 rings (SSSR count). The topological polar surface area (TPSA) is 22.4 Å². The third kappa shape index (κ3) is 2.51. The average molecular weight is 317 g/mol. The van der Waals surface area contributed by atoms with Gasteiger partial charge in [-0.15, -0.1) is 0 Å². The molecule has 19 heavy (non-hydrogen) atoms. The zero-order valence-electron chi connectivity index (χ0n) is 10.5. The molecule has 0 bridgehead atoms. The van der Waals surface area contributed by atoms with Gasteiger partial charge in [-0.2, -0.15) is 0 Å². The van der Waals surface area contributed by atoms with E-state index in [4.69, 9.17) is 9.15 Å². The number of aryl methyl sites for hydroxylation is 1. The van der Waals surface area contributed by atoms with Gasteiger partial charge in [0.15, 0.2) is 0 Å². The Morgan fingerprint density at radius 3 is 2.84 bits per heavy atom. The molecule has 0 spiro atoms. The Labute approximate surface area is 120 Å². The number of fused-ring (bicyclic) bond motifs is 1. The summed E-state index contributed by atoms with van der Waals surface area (Å²) >= 11 is 3.48. The second-order valence-electron chi connectivity index (χ2n) is 4.48. The molecular formula is C16H13BrO2. The van der Waals surface area contributed by atoms with Gasteiger partial charge in [-0.1, -0.05) is 24.3 Å². The molecule has 2 nitrogen and oxygen atoms in total.